The maximum Gasteiger partial charge on any atom is 0.333 e. The van der Waals surface area contributed by atoms with Gasteiger partial charge in [-0.1, -0.05) is 51.3 Å². The Bertz CT molecular complexity index is 537. The number of carbonyl (C=O) groups excluding carboxylic acids is 3. The number of methoxy groups -OCH3 is 2. The zero-order valence-electron chi connectivity index (χ0n) is 18.1. The molecule has 0 rings (SSSR count). The van der Waals surface area contributed by atoms with Gasteiger partial charge in [-0.15, -0.1) is 0 Å². The van der Waals surface area contributed by atoms with Gasteiger partial charge in [-0.05, 0) is 31.6 Å². The largest absolute Gasteiger partial charge is 0.469 e. The van der Waals surface area contributed by atoms with Crippen LogP contribution in [0.1, 0.15) is 72.1 Å². The molecule has 28 heavy (non-hydrogen) atoms. The third-order valence-electron chi connectivity index (χ3n) is 4.40. The molecule has 6 heteroatoms. The summed E-state index contributed by atoms with van der Waals surface area (Å²) in [5.41, 5.74) is 0.550. The molecule has 0 saturated carbocycles. The first-order valence-corrected chi connectivity index (χ1v) is 10.1. The summed E-state index contributed by atoms with van der Waals surface area (Å²) in [4.78, 5) is 34.4. The third-order valence-corrected chi connectivity index (χ3v) is 4.40. The van der Waals surface area contributed by atoms with Gasteiger partial charge in [-0.3, -0.25) is 9.59 Å². The van der Waals surface area contributed by atoms with Gasteiger partial charge in [0.2, 0.25) is 5.91 Å². The van der Waals surface area contributed by atoms with E-state index in [-0.39, 0.29) is 29.8 Å². The van der Waals surface area contributed by atoms with Crippen molar-refractivity contribution in [3.63, 3.8) is 0 Å². The number of esters is 2. The fraction of sp³-hybridized carbons (Fsp3) is 0.682. The van der Waals surface area contributed by atoms with Crippen LogP contribution in [0.5, 0.6) is 0 Å². The zero-order valence-corrected chi connectivity index (χ0v) is 18.1. The maximum atomic E-state index is 12.0. The first kappa shape index (κ1) is 25.9. The van der Waals surface area contributed by atoms with Crippen molar-refractivity contribution in [1.29, 1.82) is 0 Å². The van der Waals surface area contributed by atoms with E-state index in [1.54, 1.807) is 6.08 Å². The predicted octanol–water partition coefficient (Wildman–Crippen LogP) is 4.10. The fourth-order valence-electron chi connectivity index (χ4n) is 2.69. The highest BCUT2D eigenvalue weighted by Crippen LogP contribution is 2.13. The molecule has 1 N–H and O–H groups in total. The summed E-state index contributed by atoms with van der Waals surface area (Å²) in [5.74, 6) is -0.463. The summed E-state index contributed by atoms with van der Waals surface area (Å²) < 4.78 is 9.49. The first-order chi connectivity index (χ1) is 13.3. The van der Waals surface area contributed by atoms with Crippen LogP contribution in [-0.4, -0.2) is 38.1 Å². The van der Waals surface area contributed by atoms with Crippen LogP contribution in [0.2, 0.25) is 0 Å². The van der Waals surface area contributed by atoms with Crippen molar-refractivity contribution in [3.05, 3.63) is 23.8 Å². The molecule has 0 aromatic carbocycles. The van der Waals surface area contributed by atoms with Crippen molar-refractivity contribution in [2.75, 3.05) is 14.2 Å². The number of amides is 1. The zero-order chi connectivity index (χ0) is 21.4. The van der Waals surface area contributed by atoms with Crippen LogP contribution in [0.25, 0.3) is 0 Å². The summed E-state index contributed by atoms with van der Waals surface area (Å²) >= 11 is 0. The minimum atomic E-state index is -0.369. The number of unbranched alkanes of at least 4 members (excludes halogenated alkanes) is 5. The monoisotopic (exact) mass is 395 g/mol. The van der Waals surface area contributed by atoms with Crippen molar-refractivity contribution >= 4 is 17.8 Å². The van der Waals surface area contributed by atoms with Gasteiger partial charge in [0, 0.05) is 18.9 Å². The van der Waals surface area contributed by atoms with E-state index < -0.39 is 0 Å². The summed E-state index contributed by atoms with van der Waals surface area (Å²) in [6.45, 7) is 5.45. The molecule has 0 bridgehead atoms. The molecular formula is C22H37NO5. The van der Waals surface area contributed by atoms with E-state index in [0.29, 0.717) is 18.4 Å². The van der Waals surface area contributed by atoms with Crippen LogP contribution in [0, 0.1) is 5.92 Å². The molecule has 1 atom stereocenters. The second-order valence-electron chi connectivity index (χ2n) is 7.21. The number of hydrogen-bond acceptors (Lipinski definition) is 5. The summed E-state index contributed by atoms with van der Waals surface area (Å²) in [6, 6.07) is -0.204. The standard InChI is InChI=1S/C22H37NO5/c1-17(2)20(23-18(3)24)16-19(22(26)28-5)14-12-10-8-6-7-9-11-13-15-21(25)27-4/h10,12,16-17,20H,6-9,11,13-15H2,1-5H3,(H,23,24)/b12-10+,19-16-/t20-/m1/s1. The number of ether oxygens (including phenoxy) is 2. The summed E-state index contributed by atoms with van der Waals surface area (Å²) in [7, 11) is 2.78. The van der Waals surface area contributed by atoms with Gasteiger partial charge >= 0.3 is 11.9 Å². The highest BCUT2D eigenvalue weighted by atomic mass is 16.5. The molecule has 0 spiro atoms. The second-order valence-corrected chi connectivity index (χ2v) is 7.21. The molecule has 0 aromatic heterocycles. The molecule has 160 valence electrons. The molecule has 0 aliphatic heterocycles. The van der Waals surface area contributed by atoms with Crippen molar-refractivity contribution in [1.82, 2.24) is 5.32 Å². The van der Waals surface area contributed by atoms with Gasteiger partial charge in [-0.25, -0.2) is 4.79 Å². The molecule has 1 amide bonds. The number of nitrogens with one attached hydrogen (secondary N) is 1. The molecule has 0 unspecified atom stereocenters. The topological polar surface area (TPSA) is 81.7 Å². The number of carbonyl (C=O) groups is 3. The average molecular weight is 396 g/mol. The molecule has 0 heterocycles. The van der Waals surface area contributed by atoms with Crippen molar-refractivity contribution < 1.29 is 23.9 Å². The van der Waals surface area contributed by atoms with Crippen molar-refractivity contribution in [2.24, 2.45) is 5.92 Å². The lowest BCUT2D eigenvalue weighted by molar-refractivity contribution is -0.140. The Balaban J connectivity index is 4.34. The molecule has 0 aliphatic rings. The molecule has 0 aliphatic carbocycles. The Hall–Kier alpha value is -2.11. The quantitative estimate of drug-likeness (QED) is 0.207. The average Bonchev–Trinajstić information content (AvgIpc) is 2.66. The third kappa shape index (κ3) is 13.1. The highest BCUT2D eigenvalue weighted by Gasteiger charge is 2.16. The maximum absolute atomic E-state index is 12.0. The summed E-state index contributed by atoms with van der Waals surface area (Å²) in [5, 5.41) is 2.86. The highest BCUT2D eigenvalue weighted by molar-refractivity contribution is 5.89. The van der Waals surface area contributed by atoms with E-state index in [2.05, 4.69) is 16.1 Å². The minimum Gasteiger partial charge on any atom is -0.469 e. The lowest BCUT2D eigenvalue weighted by Gasteiger charge is -2.19. The van der Waals surface area contributed by atoms with Crippen molar-refractivity contribution in [3.8, 4) is 0 Å². The Labute approximate surface area is 169 Å². The van der Waals surface area contributed by atoms with Gasteiger partial charge in [-0.2, -0.15) is 0 Å². The van der Waals surface area contributed by atoms with Crippen LogP contribution in [-0.2, 0) is 23.9 Å². The van der Waals surface area contributed by atoms with Crippen LogP contribution in [0.15, 0.2) is 23.8 Å². The lowest BCUT2D eigenvalue weighted by atomic mass is 9.99. The SMILES string of the molecule is COC(=O)CCCCCCC/C=C/C/C(=C/[C@@H](NC(C)=O)C(C)C)C(=O)OC. The number of hydrogen-bond donors (Lipinski definition) is 1. The van der Waals surface area contributed by atoms with Gasteiger partial charge in [0.15, 0.2) is 0 Å². The van der Waals surface area contributed by atoms with Gasteiger partial charge in [0.05, 0.1) is 20.3 Å². The minimum absolute atomic E-state index is 0.124. The van der Waals surface area contributed by atoms with E-state index in [0.717, 1.165) is 38.5 Å². The van der Waals surface area contributed by atoms with E-state index in [1.807, 2.05) is 19.9 Å². The number of allylic oxidation sites excluding steroid dienone is 2. The van der Waals surface area contributed by atoms with Gasteiger partial charge < -0.3 is 14.8 Å². The van der Waals surface area contributed by atoms with E-state index in [4.69, 9.17) is 4.74 Å². The normalized spacial score (nSPS) is 12.9. The molecule has 0 saturated heterocycles. The van der Waals surface area contributed by atoms with Gasteiger partial charge in [0.25, 0.3) is 0 Å². The Kier molecular flexibility index (Phi) is 14.7. The Morgan fingerprint density at radius 1 is 0.929 bits per heavy atom. The van der Waals surface area contributed by atoms with Crippen LogP contribution in [0.3, 0.4) is 0 Å². The molecular weight excluding hydrogens is 358 g/mol. The first-order valence-electron chi connectivity index (χ1n) is 10.1. The van der Waals surface area contributed by atoms with Crippen LogP contribution < -0.4 is 5.32 Å². The van der Waals surface area contributed by atoms with E-state index in [1.165, 1.54) is 21.1 Å². The fourth-order valence-corrected chi connectivity index (χ4v) is 2.69. The smallest absolute Gasteiger partial charge is 0.333 e. The lowest BCUT2D eigenvalue weighted by Crippen LogP contribution is -2.36. The second kappa shape index (κ2) is 15.9. The predicted molar refractivity (Wildman–Crippen MR) is 111 cm³/mol. The van der Waals surface area contributed by atoms with Gasteiger partial charge in [0.1, 0.15) is 0 Å². The molecule has 0 radical (unpaired) electrons. The Morgan fingerprint density at radius 3 is 2.14 bits per heavy atom. The van der Waals surface area contributed by atoms with E-state index in [9.17, 15) is 14.4 Å². The molecule has 6 nitrogen and oxygen atoms in total. The molecule has 0 aromatic rings. The van der Waals surface area contributed by atoms with E-state index >= 15 is 0 Å². The van der Waals surface area contributed by atoms with Crippen molar-refractivity contribution in [2.45, 2.75) is 78.2 Å². The Morgan fingerprint density at radius 2 is 1.57 bits per heavy atom. The molecule has 0 fully saturated rings. The van der Waals surface area contributed by atoms with Crippen LogP contribution in [0.4, 0.5) is 0 Å². The van der Waals surface area contributed by atoms with Crippen LogP contribution >= 0.6 is 0 Å². The number of rotatable bonds is 14. The summed E-state index contributed by atoms with van der Waals surface area (Å²) in [6.07, 6.45) is 13.0.